The zero-order valence-electron chi connectivity index (χ0n) is 17.6. The number of carbonyl (C=O) groups excluding carboxylic acids is 3. The Kier molecular flexibility index (Phi) is 5.68. The molecule has 1 atom stereocenters. The fourth-order valence-electron chi connectivity index (χ4n) is 3.77. The number of fused-ring (bicyclic) bond motifs is 1. The summed E-state index contributed by atoms with van der Waals surface area (Å²) < 4.78 is 5.50. The van der Waals surface area contributed by atoms with E-state index in [2.05, 4.69) is 6.58 Å². The van der Waals surface area contributed by atoms with Crippen molar-refractivity contribution in [2.24, 2.45) is 0 Å². The molecular formula is C22H29N3O4. The van der Waals surface area contributed by atoms with Crippen LogP contribution >= 0.6 is 0 Å². The van der Waals surface area contributed by atoms with Gasteiger partial charge in [0.1, 0.15) is 5.60 Å². The molecule has 0 radical (unpaired) electrons. The first-order valence-electron chi connectivity index (χ1n) is 9.96. The van der Waals surface area contributed by atoms with Gasteiger partial charge in [-0.3, -0.25) is 14.5 Å². The fraction of sp³-hybridized carbons (Fsp3) is 0.500. The molecule has 1 saturated heterocycles. The lowest BCUT2D eigenvalue weighted by atomic mass is 10.1. The Morgan fingerprint density at radius 2 is 1.90 bits per heavy atom. The van der Waals surface area contributed by atoms with Crippen LogP contribution in [0.25, 0.3) is 0 Å². The summed E-state index contributed by atoms with van der Waals surface area (Å²) in [5, 5.41) is 0. The molecule has 1 aromatic rings. The van der Waals surface area contributed by atoms with E-state index in [9.17, 15) is 14.4 Å². The fourth-order valence-corrected chi connectivity index (χ4v) is 3.77. The Morgan fingerprint density at radius 3 is 2.52 bits per heavy atom. The van der Waals surface area contributed by atoms with E-state index in [0.29, 0.717) is 31.7 Å². The van der Waals surface area contributed by atoms with Crippen LogP contribution in [0.1, 0.15) is 43.6 Å². The maximum atomic E-state index is 13.1. The van der Waals surface area contributed by atoms with Crippen molar-refractivity contribution < 1.29 is 19.1 Å². The summed E-state index contributed by atoms with van der Waals surface area (Å²) in [6, 6.07) is 5.40. The minimum absolute atomic E-state index is 0.0953. The van der Waals surface area contributed by atoms with Crippen molar-refractivity contribution in [2.75, 3.05) is 31.1 Å². The molecular weight excluding hydrogens is 370 g/mol. The van der Waals surface area contributed by atoms with E-state index in [-0.39, 0.29) is 17.9 Å². The second-order valence-corrected chi connectivity index (χ2v) is 8.56. The maximum Gasteiger partial charge on any atom is 0.414 e. The molecule has 3 amide bonds. The van der Waals surface area contributed by atoms with E-state index in [1.807, 2.05) is 39.8 Å². The molecule has 7 nitrogen and oxygen atoms in total. The van der Waals surface area contributed by atoms with E-state index in [4.69, 9.17) is 4.74 Å². The average Bonchev–Trinajstić information content (AvgIpc) is 3.08. The third-order valence-electron chi connectivity index (χ3n) is 5.22. The molecule has 0 unspecified atom stereocenters. The molecule has 1 fully saturated rings. The second-order valence-electron chi connectivity index (χ2n) is 8.56. The Hall–Kier alpha value is -2.83. The third kappa shape index (κ3) is 4.44. The lowest BCUT2D eigenvalue weighted by molar-refractivity contribution is -0.128. The van der Waals surface area contributed by atoms with Crippen LogP contribution in [0.15, 0.2) is 30.9 Å². The molecule has 156 valence electrons. The first-order valence-corrected chi connectivity index (χ1v) is 9.96. The Labute approximate surface area is 171 Å². The first kappa shape index (κ1) is 20.9. The second kappa shape index (κ2) is 7.89. The average molecular weight is 399 g/mol. The number of anilines is 1. The normalized spacial score (nSPS) is 19.0. The van der Waals surface area contributed by atoms with Gasteiger partial charge < -0.3 is 14.5 Å². The highest BCUT2D eigenvalue weighted by atomic mass is 16.6. The summed E-state index contributed by atoms with van der Waals surface area (Å²) in [6.07, 6.45) is 1.64. The summed E-state index contributed by atoms with van der Waals surface area (Å²) in [7, 11) is 0. The van der Waals surface area contributed by atoms with Gasteiger partial charge in [0, 0.05) is 37.8 Å². The first-order chi connectivity index (χ1) is 13.6. The third-order valence-corrected chi connectivity index (χ3v) is 5.22. The molecule has 0 bridgehead atoms. The van der Waals surface area contributed by atoms with Crippen molar-refractivity contribution in [1.29, 1.82) is 0 Å². The molecule has 2 aliphatic rings. The van der Waals surface area contributed by atoms with Gasteiger partial charge in [0.05, 0.1) is 5.69 Å². The van der Waals surface area contributed by atoms with Gasteiger partial charge in [-0.15, -0.1) is 0 Å². The van der Waals surface area contributed by atoms with E-state index in [0.717, 1.165) is 17.7 Å². The highest BCUT2D eigenvalue weighted by Gasteiger charge is 2.32. The van der Waals surface area contributed by atoms with Crippen LogP contribution in [0.5, 0.6) is 0 Å². The van der Waals surface area contributed by atoms with E-state index in [1.165, 1.54) is 6.08 Å². The minimum atomic E-state index is -0.578. The van der Waals surface area contributed by atoms with Gasteiger partial charge in [-0.25, -0.2) is 4.79 Å². The molecule has 3 rings (SSSR count). The van der Waals surface area contributed by atoms with Crippen molar-refractivity contribution in [3.63, 3.8) is 0 Å². The van der Waals surface area contributed by atoms with Crippen LogP contribution in [0.3, 0.4) is 0 Å². The van der Waals surface area contributed by atoms with Gasteiger partial charge in [0.15, 0.2) is 0 Å². The molecule has 7 heteroatoms. The zero-order valence-corrected chi connectivity index (χ0v) is 17.6. The Balaban J connectivity index is 1.77. The number of amides is 3. The molecule has 1 aromatic carbocycles. The van der Waals surface area contributed by atoms with Gasteiger partial charge in [0.25, 0.3) is 5.91 Å². The number of benzene rings is 1. The summed E-state index contributed by atoms with van der Waals surface area (Å²) in [5.41, 5.74) is 1.72. The summed E-state index contributed by atoms with van der Waals surface area (Å²) in [6.45, 7) is 12.9. The summed E-state index contributed by atoms with van der Waals surface area (Å²) in [4.78, 5) is 42.6. The van der Waals surface area contributed by atoms with Gasteiger partial charge in [-0.2, -0.15) is 0 Å². The van der Waals surface area contributed by atoms with Crippen LogP contribution in [0.2, 0.25) is 0 Å². The van der Waals surface area contributed by atoms with Gasteiger partial charge in [0.2, 0.25) is 5.91 Å². The Morgan fingerprint density at radius 1 is 1.17 bits per heavy atom. The number of ether oxygens (including phenoxy) is 1. The van der Waals surface area contributed by atoms with Crippen LogP contribution in [0, 0.1) is 0 Å². The smallest absolute Gasteiger partial charge is 0.414 e. The molecule has 0 N–H and O–H groups in total. The number of hydrogen-bond acceptors (Lipinski definition) is 4. The molecule has 29 heavy (non-hydrogen) atoms. The van der Waals surface area contributed by atoms with Crippen molar-refractivity contribution in [3.05, 3.63) is 42.0 Å². The number of carbonyl (C=O) groups is 3. The highest BCUT2D eigenvalue weighted by molar-refractivity contribution is 5.98. The standard InChI is InChI=1S/C22H29N3O4/c1-6-19(26)23-11-12-24(15(2)14-23)20(27)17-8-7-16-9-10-25(18(16)13-17)21(28)29-22(3,4)5/h6-8,13,15H,1,9-12,14H2,2-5H3/t15-/m0/s1. The van der Waals surface area contributed by atoms with Crippen LogP contribution in [-0.4, -0.2) is 65.5 Å². The van der Waals surface area contributed by atoms with Crippen molar-refractivity contribution in [3.8, 4) is 0 Å². The Bertz CT molecular complexity index is 843. The SMILES string of the molecule is C=CC(=O)N1CCN(C(=O)c2ccc3c(c2)N(C(=O)OC(C)(C)C)CC3)[C@@H](C)C1. The van der Waals surface area contributed by atoms with Gasteiger partial charge in [-0.1, -0.05) is 12.6 Å². The van der Waals surface area contributed by atoms with Crippen LogP contribution in [-0.2, 0) is 16.0 Å². The summed E-state index contributed by atoms with van der Waals surface area (Å²) in [5.74, 6) is -0.212. The van der Waals surface area contributed by atoms with E-state index < -0.39 is 11.7 Å². The van der Waals surface area contributed by atoms with E-state index in [1.54, 1.807) is 20.8 Å². The van der Waals surface area contributed by atoms with Gasteiger partial charge >= 0.3 is 6.09 Å². The lowest BCUT2D eigenvalue weighted by Gasteiger charge is -2.39. The predicted molar refractivity (Wildman–Crippen MR) is 111 cm³/mol. The number of piperazine rings is 1. The number of nitrogens with zero attached hydrogens (tertiary/aromatic N) is 3. The highest BCUT2D eigenvalue weighted by Crippen LogP contribution is 2.31. The van der Waals surface area contributed by atoms with Crippen molar-refractivity contribution in [2.45, 2.75) is 45.8 Å². The molecule has 0 spiro atoms. The largest absolute Gasteiger partial charge is 0.443 e. The van der Waals surface area contributed by atoms with Gasteiger partial charge in [-0.05, 0) is 57.9 Å². The van der Waals surface area contributed by atoms with Crippen LogP contribution < -0.4 is 4.90 Å². The molecule has 2 aliphatic heterocycles. The topological polar surface area (TPSA) is 70.2 Å². The summed E-state index contributed by atoms with van der Waals surface area (Å²) >= 11 is 0. The van der Waals surface area contributed by atoms with E-state index >= 15 is 0 Å². The quantitative estimate of drug-likeness (QED) is 0.717. The predicted octanol–water partition coefficient (Wildman–Crippen LogP) is 2.84. The lowest BCUT2D eigenvalue weighted by Crippen LogP contribution is -2.55. The van der Waals surface area contributed by atoms with Crippen molar-refractivity contribution >= 4 is 23.6 Å². The maximum absolute atomic E-state index is 13.1. The zero-order chi connectivity index (χ0) is 21.3. The monoisotopic (exact) mass is 399 g/mol. The molecule has 0 aliphatic carbocycles. The van der Waals surface area contributed by atoms with Crippen molar-refractivity contribution in [1.82, 2.24) is 9.80 Å². The molecule has 2 heterocycles. The number of hydrogen-bond donors (Lipinski definition) is 0. The minimum Gasteiger partial charge on any atom is -0.443 e. The number of rotatable bonds is 2. The molecule has 0 aromatic heterocycles. The van der Waals surface area contributed by atoms with Crippen LogP contribution in [0.4, 0.5) is 10.5 Å². The molecule has 0 saturated carbocycles.